The number of ether oxygens (including phenoxy) is 2. The first-order chi connectivity index (χ1) is 10.1. The third-order valence-electron chi connectivity index (χ3n) is 3.47. The lowest BCUT2D eigenvalue weighted by molar-refractivity contribution is 0.197. The Morgan fingerprint density at radius 3 is 2.62 bits per heavy atom. The van der Waals surface area contributed by atoms with Crippen molar-refractivity contribution in [2.75, 3.05) is 33.9 Å². The van der Waals surface area contributed by atoms with Crippen LogP contribution in [0.15, 0.2) is 18.2 Å². The minimum atomic E-state index is 0.564. The number of rotatable bonds is 10. The fraction of sp³-hybridized carbons (Fsp3) is 0.647. The first-order valence-electron chi connectivity index (χ1n) is 7.58. The molecule has 21 heavy (non-hydrogen) atoms. The Morgan fingerprint density at radius 2 is 2.00 bits per heavy atom. The van der Waals surface area contributed by atoms with Crippen LogP contribution in [0.4, 0.5) is 0 Å². The van der Waals surface area contributed by atoms with Crippen LogP contribution in [0.3, 0.4) is 0 Å². The zero-order valence-corrected chi connectivity index (χ0v) is 14.4. The monoisotopic (exact) mass is 313 g/mol. The van der Waals surface area contributed by atoms with Crippen LogP contribution >= 0.6 is 11.6 Å². The molecule has 0 saturated carbocycles. The Balaban J connectivity index is 2.68. The van der Waals surface area contributed by atoms with Crippen molar-refractivity contribution in [3.05, 3.63) is 28.8 Å². The van der Waals surface area contributed by atoms with Gasteiger partial charge in [-0.05, 0) is 55.0 Å². The van der Waals surface area contributed by atoms with Gasteiger partial charge in [-0.15, -0.1) is 0 Å². The lowest BCUT2D eigenvalue weighted by Gasteiger charge is -2.21. The first-order valence-corrected chi connectivity index (χ1v) is 7.96. The number of methoxy groups -OCH3 is 2. The predicted molar refractivity (Wildman–Crippen MR) is 89.4 cm³/mol. The number of halogens is 1. The van der Waals surface area contributed by atoms with E-state index in [2.05, 4.69) is 19.2 Å². The van der Waals surface area contributed by atoms with Gasteiger partial charge < -0.3 is 14.8 Å². The van der Waals surface area contributed by atoms with Crippen LogP contribution in [0.25, 0.3) is 0 Å². The highest BCUT2D eigenvalue weighted by atomic mass is 35.5. The molecule has 0 aliphatic carbocycles. The fourth-order valence-electron chi connectivity index (χ4n) is 2.60. The SMILES string of the molecule is COCCNCC(Cc1cc(Cl)ccc1OC)CC(C)C. The van der Waals surface area contributed by atoms with E-state index in [0.717, 1.165) is 36.9 Å². The van der Waals surface area contributed by atoms with Crippen molar-refractivity contribution in [3.63, 3.8) is 0 Å². The third-order valence-corrected chi connectivity index (χ3v) is 3.71. The summed E-state index contributed by atoms with van der Waals surface area (Å²) in [4.78, 5) is 0. The quantitative estimate of drug-likeness (QED) is 0.667. The van der Waals surface area contributed by atoms with E-state index >= 15 is 0 Å². The van der Waals surface area contributed by atoms with E-state index < -0.39 is 0 Å². The second-order valence-corrected chi connectivity index (χ2v) is 6.29. The lowest BCUT2D eigenvalue weighted by Crippen LogP contribution is -2.28. The number of benzene rings is 1. The van der Waals surface area contributed by atoms with Crippen molar-refractivity contribution in [1.29, 1.82) is 0 Å². The van der Waals surface area contributed by atoms with Gasteiger partial charge in [0.25, 0.3) is 0 Å². The van der Waals surface area contributed by atoms with E-state index in [4.69, 9.17) is 21.1 Å². The van der Waals surface area contributed by atoms with Crippen LogP contribution in [0, 0.1) is 11.8 Å². The van der Waals surface area contributed by atoms with Gasteiger partial charge in [0.15, 0.2) is 0 Å². The topological polar surface area (TPSA) is 30.5 Å². The summed E-state index contributed by atoms with van der Waals surface area (Å²) in [7, 11) is 3.44. The summed E-state index contributed by atoms with van der Waals surface area (Å²) in [5.74, 6) is 2.16. The highest BCUT2D eigenvalue weighted by Gasteiger charge is 2.14. The average molecular weight is 314 g/mol. The van der Waals surface area contributed by atoms with Gasteiger partial charge in [0.1, 0.15) is 5.75 Å². The maximum atomic E-state index is 6.12. The van der Waals surface area contributed by atoms with Crippen LogP contribution in [0.1, 0.15) is 25.8 Å². The Bertz CT molecular complexity index is 410. The van der Waals surface area contributed by atoms with Gasteiger partial charge in [0.2, 0.25) is 0 Å². The molecule has 4 heteroatoms. The number of nitrogens with one attached hydrogen (secondary N) is 1. The van der Waals surface area contributed by atoms with E-state index in [1.165, 1.54) is 12.0 Å². The summed E-state index contributed by atoms with van der Waals surface area (Å²) < 4.78 is 10.5. The standard InChI is InChI=1S/C17H28ClNO2/c1-13(2)9-14(12-19-7-8-20-3)10-15-11-16(18)5-6-17(15)21-4/h5-6,11,13-14,19H,7-10,12H2,1-4H3. The smallest absolute Gasteiger partial charge is 0.122 e. The molecule has 1 aromatic rings. The lowest BCUT2D eigenvalue weighted by atomic mass is 9.90. The van der Waals surface area contributed by atoms with Gasteiger partial charge >= 0.3 is 0 Å². The normalized spacial score (nSPS) is 12.7. The molecule has 120 valence electrons. The largest absolute Gasteiger partial charge is 0.496 e. The molecule has 1 aromatic carbocycles. The second kappa shape index (κ2) is 10.0. The summed E-state index contributed by atoms with van der Waals surface area (Å²) in [5.41, 5.74) is 1.18. The molecule has 0 saturated heterocycles. The minimum Gasteiger partial charge on any atom is -0.496 e. The summed E-state index contributed by atoms with van der Waals surface area (Å²) in [6.45, 7) is 7.14. The minimum absolute atomic E-state index is 0.564. The van der Waals surface area contributed by atoms with Crippen molar-refractivity contribution >= 4 is 11.6 Å². The molecule has 0 spiro atoms. The molecule has 1 unspecified atom stereocenters. The zero-order valence-electron chi connectivity index (χ0n) is 13.6. The molecule has 0 amide bonds. The van der Waals surface area contributed by atoms with Crippen LogP contribution in [0.2, 0.25) is 5.02 Å². The van der Waals surface area contributed by atoms with E-state index in [0.29, 0.717) is 11.8 Å². The molecule has 0 radical (unpaired) electrons. The molecule has 1 N–H and O–H groups in total. The van der Waals surface area contributed by atoms with E-state index in [-0.39, 0.29) is 0 Å². The van der Waals surface area contributed by atoms with Crippen LogP contribution in [0.5, 0.6) is 5.75 Å². The zero-order chi connectivity index (χ0) is 15.7. The molecular formula is C17H28ClNO2. The van der Waals surface area contributed by atoms with Crippen molar-refractivity contribution in [2.45, 2.75) is 26.7 Å². The van der Waals surface area contributed by atoms with Gasteiger partial charge in [-0.2, -0.15) is 0 Å². The second-order valence-electron chi connectivity index (χ2n) is 5.85. The van der Waals surface area contributed by atoms with Crippen molar-refractivity contribution < 1.29 is 9.47 Å². The van der Waals surface area contributed by atoms with Gasteiger partial charge in [-0.1, -0.05) is 25.4 Å². The van der Waals surface area contributed by atoms with Crippen LogP contribution in [-0.4, -0.2) is 33.9 Å². The Labute approximate surface area is 134 Å². The molecule has 3 nitrogen and oxygen atoms in total. The Morgan fingerprint density at radius 1 is 1.24 bits per heavy atom. The van der Waals surface area contributed by atoms with E-state index in [1.807, 2.05) is 18.2 Å². The Hall–Kier alpha value is -0.770. The van der Waals surface area contributed by atoms with Gasteiger partial charge in [-0.3, -0.25) is 0 Å². The highest BCUT2D eigenvalue weighted by molar-refractivity contribution is 6.30. The van der Waals surface area contributed by atoms with Crippen molar-refractivity contribution in [2.24, 2.45) is 11.8 Å². The summed E-state index contributed by atoms with van der Waals surface area (Å²) >= 11 is 6.12. The summed E-state index contributed by atoms with van der Waals surface area (Å²) in [6.07, 6.45) is 2.15. The Kier molecular flexibility index (Phi) is 8.74. The van der Waals surface area contributed by atoms with Crippen molar-refractivity contribution in [3.8, 4) is 5.75 Å². The molecule has 1 atom stereocenters. The van der Waals surface area contributed by atoms with Gasteiger partial charge in [0.05, 0.1) is 13.7 Å². The van der Waals surface area contributed by atoms with Gasteiger partial charge in [0, 0.05) is 18.7 Å². The molecule has 0 aromatic heterocycles. The maximum absolute atomic E-state index is 6.12. The molecule has 0 fully saturated rings. The maximum Gasteiger partial charge on any atom is 0.122 e. The molecule has 0 aliphatic heterocycles. The number of hydrogen-bond acceptors (Lipinski definition) is 3. The average Bonchev–Trinajstić information content (AvgIpc) is 2.43. The highest BCUT2D eigenvalue weighted by Crippen LogP contribution is 2.27. The first kappa shape index (κ1) is 18.3. The number of hydrogen-bond donors (Lipinski definition) is 1. The van der Waals surface area contributed by atoms with E-state index in [9.17, 15) is 0 Å². The molecule has 1 rings (SSSR count). The van der Waals surface area contributed by atoms with Crippen LogP contribution < -0.4 is 10.1 Å². The molecule has 0 bridgehead atoms. The van der Waals surface area contributed by atoms with Gasteiger partial charge in [-0.25, -0.2) is 0 Å². The molecule has 0 aliphatic rings. The summed E-state index contributed by atoms with van der Waals surface area (Å²) in [6, 6.07) is 5.84. The fourth-order valence-corrected chi connectivity index (χ4v) is 2.80. The van der Waals surface area contributed by atoms with Crippen molar-refractivity contribution in [1.82, 2.24) is 5.32 Å². The molecule has 0 heterocycles. The van der Waals surface area contributed by atoms with Crippen LogP contribution in [-0.2, 0) is 11.2 Å². The third kappa shape index (κ3) is 7.16. The van der Waals surface area contributed by atoms with E-state index in [1.54, 1.807) is 14.2 Å². The predicted octanol–water partition coefficient (Wildman–Crippen LogP) is 3.79. The molecular weight excluding hydrogens is 286 g/mol. The summed E-state index contributed by atoms with van der Waals surface area (Å²) in [5, 5.41) is 4.23.